The fraction of sp³-hybridized carbons (Fsp3) is 0.333. The normalized spacial score (nSPS) is 13.6. The molecule has 0 unspecified atom stereocenters. The van der Waals surface area contributed by atoms with Gasteiger partial charge in [0, 0.05) is 11.8 Å². The highest BCUT2D eigenvalue weighted by atomic mass is 19.4. The predicted molar refractivity (Wildman–Crippen MR) is 84.3 cm³/mol. The van der Waals surface area contributed by atoms with Crippen molar-refractivity contribution in [3.8, 4) is 17.1 Å². The monoisotopic (exact) mass is 411 g/mol. The molecule has 2 aromatic heterocycles. The number of hydrazone groups is 1. The lowest BCUT2D eigenvalue weighted by Gasteiger charge is -2.17. The van der Waals surface area contributed by atoms with Crippen LogP contribution in [0.5, 0.6) is 5.88 Å². The maximum Gasteiger partial charge on any atom is 0.428 e. The largest absolute Gasteiger partial charge is 0.463 e. The third-order valence-electron chi connectivity index (χ3n) is 3.17. The number of rotatable bonds is 5. The fourth-order valence-electron chi connectivity index (χ4n) is 1.87. The zero-order valence-corrected chi connectivity index (χ0v) is 14.2. The topological polar surface area (TPSA) is 72.3 Å². The molecule has 0 saturated carbocycles. The fourth-order valence-corrected chi connectivity index (χ4v) is 1.87. The highest BCUT2D eigenvalue weighted by Crippen LogP contribution is 2.28. The Labute approximate surface area is 153 Å². The van der Waals surface area contributed by atoms with E-state index in [1.54, 1.807) is 0 Å². The van der Waals surface area contributed by atoms with Gasteiger partial charge in [0.2, 0.25) is 0 Å². The number of ether oxygens (including phenoxy) is 1. The Balaban J connectivity index is 2.19. The van der Waals surface area contributed by atoms with Crippen LogP contribution >= 0.6 is 0 Å². The van der Waals surface area contributed by atoms with E-state index in [1.165, 1.54) is 6.92 Å². The summed E-state index contributed by atoms with van der Waals surface area (Å²) in [7, 11) is 0. The molecule has 28 heavy (non-hydrogen) atoms. The number of pyridine rings is 1. The molecular formula is C15H12F7N5O. The standard InChI is InChI=1S/C15H12F7N5O/c1-7-12(23-5-11(26-7)27-25-6-14(17,18)19)9-3-10(16)13(24-4-9)28-8(2)15(20,21)22/h3-6,8H,1-2H3,(H,26,27)/b25-6+/t8-/m0/s1. The van der Waals surface area contributed by atoms with Gasteiger partial charge in [-0.1, -0.05) is 0 Å². The second-order valence-electron chi connectivity index (χ2n) is 5.41. The highest BCUT2D eigenvalue weighted by molar-refractivity contribution is 5.65. The first-order chi connectivity index (χ1) is 12.9. The van der Waals surface area contributed by atoms with Crippen LogP contribution in [-0.4, -0.2) is 39.6 Å². The van der Waals surface area contributed by atoms with Gasteiger partial charge in [0.25, 0.3) is 5.88 Å². The van der Waals surface area contributed by atoms with E-state index in [0.29, 0.717) is 6.92 Å². The summed E-state index contributed by atoms with van der Waals surface area (Å²) in [6.07, 6.45) is -9.75. The number of alkyl halides is 6. The van der Waals surface area contributed by atoms with Crippen molar-refractivity contribution in [2.24, 2.45) is 5.10 Å². The van der Waals surface area contributed by atoms with E-state index in [1.807, 2.05) is 5.43 Å². The molecule has 0 radical (unpaired) electrons. The molecule has 2 heterocycles. The van der Waals surface area contributed by atoms with Crippen LogP contribution in [0.25, 0.3) is 11.3 Å². The molecule has 1 atom stereocenters. The van der Waals surface area contributed by atoms with Gasteiger partial charge in [-0.15, -0.1) is 0 Å². The average Bonchev–Trinajstić information content (AvgIpc) is 2.55. The molecular weight excluding hydrogens is 399 g/mol. The highest BCUT2D eigenvalue weighted by Gasteiger charge is 2.38. The summed E-state index contributed by atoms with van der Waals surface area (Å²) < 4.78 is 91.9. The van der Waals surface area contributed by atoms with Crippen molar-refractivity contribution in [3.05, 3.63) is 30.0 Å². The Morgan fingerprint density at radius 1 is 1.14 bits per heavy atom. The van der Waals surface area contributed by atoms with Gasteiger partial charge in [-0.05, 0) is 19.9 Å². The van der Waals surface area contributed by atoms with E-state index in [4.69, 9.17) is 0 Å². The molecule has 0 fully saturated rings. The van der Waals surface area contributed by atoms with Crippen molar-refractivity contribution >= 4 is 12.0 Å². The first-order valence-electron chi connectivity index (χ1n) is 7.46. The number of hydrogen-bond donors (Lipinski definition) is 1. The molecule has 1 N–H and O–H groups in total. The lowest BCUT2D eigenvalue weighted by atomic mass is 10.1. The molecule has 0 saturated heterocycles. The summed E-state index contributed by atoms with van der Waals surface area (Å²) in [5, 5.41) is 2.95. The van der Waals surface area contributed by atoms with Gasteiger partial charge >= 0.3 is 12.4 Å². The number of anilines is 1. The molecule has 0 aliphatic rings. The van der Waals surface area contributed by atoms with Crippen LogP contribution < -0.4 is 10.2 Å². The lowest BCUT2D eigenvalue weighted by Crippen LogP contribution is -2.31. The van der Waals surface area contributed by atoms with Gasteiger partial charge in [-0.2, -0.15) is 31.4 Å². The van der Waals surface area contributed by atoms with Crippen LogP contribution in [0.1, 0.15) is 12.6 Å². The molecule has 0 bridgehead atoms. The molecule has 13 heteroatoms. The summed E-state index contributed by atoms with van der Waals surface area (Å²) in [5.41, 5.74) is 2.42. The maximum atomic E-state index is 14.0. The van der Waals surface area contributed by atoms with Crippen LogP contribution in [0, 0.1) is 12.7 Å². The summed E-state index contributed by atoms with van der Waals surface area (Å²) in [6.45, 7) is 2.15. The minimum atomic E-state index is -4.69. The molecule has 2 aromatic rings. The molecule has 0 aliphatic carbocycles. The van der Waals surface area contributed by atoms with Crippen molar-refractivity contribution in [2.75, 3.05) is 5.43 Å². The number of nitrogens with one attached hydrogen (secondary N) is 1. The number of hydrogen-bond acceptors (Lipinski definition) is 6. The smallest absolute Gasteiger partial charge is 0.428 e. The van der Waals surface area contributed by atoms with Crippen molar-refractivity contribution in [1.29, 1.82) is 0 Å². The molecule has 152 valence electrons. The minimum Gasteiger partial charge on any atom is -0.463 e. The maximum absolute atomic E-state index is 14.0. The van der Waals surface area contributed by atoms with Gasteiger partial charge in [0.05, 0.1) is 17.6 Å². The Morgan fingerprint density at radius 3 is 2.36 bits per heavy atom. The number of halogens is 7. The van der Waals surface area contributed by atoms with E-state index in [-0.39, 0.29) is 29.0 Å². The van der Waals surface area contributed by atoms with Crippen LogP contribution in [0.4, 0.5) is 36.6 Å². The number of aromatic nitrogens is 3. The van der Waals surface area contributed by atoms with Crippen LogP contribution in [-0.2, 0) is 0 Å². The van der Waals surface area contributed by atoms with Gasteiger partial charge in [0.1, 0.15) is 6.21 Å². The van der Waals surface area contributed by atoms with Crippen molar-refractivity contribution in [2.45, 2.75) is 32.3 Å². The van der Waals surface area contributed by atoms with E-state index in [2.05, 4.69) is 24.8 Å². The predicted octanol–water partition coefficient (Wildman–Crippen LogP) is 4.28. The average molecular weight is 411 g/mol. The Bertz CT molecular complexity index is 867. The summed E-state index contributed by atoms with van der Waals surface area (Å²) in [5.74, 6) is -2.08. The first kappa shape index (κ1) is 21.3. The SMILES string of the molecule is Cc1nc(N/N=C/C(F)(F)F)cnc1-c1cnc(O[C@@H](C)C(F)(F)F)c(F)c1. The quantitative estimate of drug-likeness (QED) is 0.452. The van der Waals surface area contributed by atoms with Gasteiger partial charge in [0.15, 0.2) is 17.7 Å². The van der Waals surface area contributed by atoms with E-state index in [9.17, 15) is 30.7 Å². The second kappa shape index (κ2) is 7.94. The van der Waals surface area contributed by atoms with Gasteiger partial charge in [-0.25, -0.2) is 14.4 Å². The third kappa shape index (κ3) is 5.76. The lowest BCUT2D eigenvalue weighted by molar-refractivity contribution is -0.190. The van der Waals surface area contributed by atoms with E-state index >= 15 is 0 Å². The molecule has 0 aliphatic heterocycles. The molecule has 0 amide bonds. The van der Waals surface area contributed by atoms with E-state index < -0.39 is 30.2 Å². The Hall–Kier alpha value is -2.99. The first-order valence-corrected chi connectivity index (χ1v) is 7.46. The Morgan fingerprint density at radius 2 is 1.82 bits per heavy atom. The summed E-state index contributed by atoms with van der Waals surface area (Å²) >= 11 is 0. The van der Waals surface area contributed by atoms with Crippen LogP contribution in [0.15, 0.2) is 23.6 Å². The van der Waals surface area contributed by atoms with Crippen molar-refractivity contribution in [1.82, 2.24) is 15.0 Å². The summed E-state index contributed by atoms with van der Waals surface area (Å²) in [4.78, 5) is 11.4. The molecule has 6 nitrogen and oxygen atoms in total. The number of aryl methyl sites for hydroxylation is 1. The third-order valence-corrected chi connectivity index (χ3v) is 3.17. The second-order valence-corrected chi connectivity index (χ2v) is 5.41. The van der Waals surface area contributed by atoms with Crippen LogP contribution in [0.3, 0.4) is 0 Å². The molecule has 0 spiro atoms. The van der Waals surface area contributed by atoms with Crippen molar-refractivity contribution in [3.63, 3.8) is 0 Å². The zero-order chi connectivity index (χ0) is 21.1. The Kier molecular flexibility index (Phi) is 6.04. The molecule has 2 rings (SSSR count). The van der Waals surface area contributed by atoms with Gasteiger partial charge in [-0.3, -0.25) is 10.4 Å². The number of nitrogens with zero attached hydrogens (tertiary/aromatic N) is 4. The molecule has 0 aromatic carbocycles. The zero-order valence-electron chi connectivity index (χ0n) is 14.2. The van der Waals surface area contributed by atoms with E-state index in [0.717, 1.165) is 18.5 Å². The summed E-state index contributed by atoms with van der Waals surface area (Å²) in [6, 6.07) is 0.858. The van der Waals surface area contributed by atoms with Crippen molar-refractivity contribution < 1.29 is 35.5 Å². The van der Waals surface area contributed by atoms with Gasteiger partial charge < -0.3 is 4.74 Å². The van der Waals surface area contributed by atoms with Crippen LogP contribution in [0.2, 0.25) is 0 Å². The minimum absolute atomic E-state index is 0.0832.